The van der Waals surface area contributed by atoms with Gasteiger partial charge in [0.2, 0.25) is 5.71 Å². The van der Waals surface area contributed by atoms with E-state index < -0.39 is 16.9 Å². The van der Waals surface area contributed by atoms with Gasteiger partial charge in [-0.1, -0.05) is 11.7 Å². The topological polar surface area (TPSA) is 94.3 Å². The summed E-state index contributed by atoms with van der Waals surface area (Å²) in [5, 5.41) is 0.147. The van der Waals surface area contributed by atoms with Crippen LogP contribution in [0.15, 0.2) is 24.9 Å². The third-order valence-electron chi connectivity index (χ3n) is 2.41. The SMILES string of the molecule is CCc1cc(=O)oc2[nH]c(=O)n(OC)c(=O)c12. The summed E-state index contributed by atoms with van der Waals surface area (Å²) in [6, 6.07) is 1.22. The van der Waals surface area contributed by atoms with Gasteiger partial charge in [0, 0.05) is 6.07 Å². The fourth-order valence-electron chi connectivity index (χ4n) is 1.65. The summed E-state index contributed by atoms with van der Waals surface area (Å²) in [4.78, 5) is 41.5. The molecule has 1 N–H and O–H groups in total. The molecule has 0 aliphatic rings. The first-order chi connectivity index (χ1) is 8.08. The van der Waals surface area contributed by atoms with Crippen LogP contribution in [-0.2, 0) is 6.42 Å². The lowest BCUT2D eigenvalue weighted by Crippen LogP contribution is -2.39. The van der Waals surface area contributed by atoms with Gasteiger partial charge in [0.1, 0.15) is 12.5 Å². The molecule has 0 atom stereocenters. The van der Waals surface area contributed by atoms with Gasteiger partial charge in [-0.25, -0.2) is 9.59 Å². The van der Waals surface area contributed by atoms with Gasteiger partial charge in [0.15, 0.2) is 0 Å². The minimum Gasteiger partial charge on any atom is -0.409 e. The Balaban J connectivity index is 3.08. The maximum atomic E-state index is 11.9. The van der Waals surface area contributed by atoms with Crippen molar-refractivity contribution < 1.29 is 9.25 Å². The predicted octanol–water partition coefficient (Wildman–Crippen LogP) is -0.736. The molecule has 0 saturated heterocycles. The molecule has 7 heteroatoms. The summed E-state index contributed by atoms with van der Waals surface area (Å²) in [7, 11) is 1.20. The zero-order valence-electron chi connectivity index (χ0n) is 9.27. The van der Waals surface area contributed by atoms with Crippen molar-refractivity contribution >= 4 is 11.1 Å². The number of hydrogen-bond donors (Lipinski definition) is 1. The van der Waals surface area contributed by atoms with E-state index in [1.807, 2.05) is 0 Å². The van der Waals surface area contributed by atoms with Crippen molar-refractivity contribution in [2.45, 2.75) is 13.3 Å². The van der Waals surface area contributed by atoms with Crippen molar-refractivity contribution in [1.29, 1.82) is 0 Å². The van der Waals surface area contributed by atoms with Crippen LogP contribution < -0.4 is 21.7 Å². The van der Waals surface area contributed by atoms with E-state index in [1.54, 1.807) is 6.92 Å². The summed E-state index contributed by atoms with van der Waals surface area (Å²) < 4.78 is 5.36. The summed E-state index contributed by atoms with van der Waals surface area (Å²) >= 11 is 0. The van der Waals surface area contributed by atoms with E-state index in [0.29, 0.717) is 16.7 Å². The molecule has 2 aromatic rings. The smallest absolute Gasteiger partial charge is 0.364 e. The lowest BCUT2D eigenvalue weighted by atomic mass is 10.1. The van der Waals surface area contributed by atoms with Gasteiger partial charge >= 0.3 is 16.9 Å². The number of hydrogen-bond acceptors (Lipinski definition) is 5. The van der Waals surface area contributed by atoms with Crippen molar-refractivity contribution in [2.24, 2.45) is 0 Å². The van der Waals surface area contributed by atoms with Crippen LogP contribution in [0.4, 0.5) is 0 Å². The highest BCUT2D eigenvalue weighted by molar-refractivity contribution is 5.75. The zero-order chi connectivity index (χ0) is 12.6. The normalized spacial score (nSPS) is 10.7. The second-order valence-corrected chi connectivity index (χ2v) is 3.36. The molecule has 17 heavy (non-hydrogen) atoms. The van der Waals surface area contributed by atoms with Crippen LogP contribution in [0.3, 0.4) is 0 Å². The van der Waals surface area contributed by atoms with E-state index in [1.165, 1.54) is 13.2 Å². The first-order valence-electron chi connectivity index (χ1n) is 4.95. The van der Waals surface area contributed by atoms with Gasteiger partial charge in [-0.3, -0.25) is 9.78 Å². The number of rotatable bonds is 2. The number of nitrogens with zero attached hydrogens (tertiary/aromatic N) is 1. The lowest BCUT2D eigenvalue weighted by Gasteiger charge is -2.05. The third-order valence-corrected chi connectivity index (χ3v) is 2.41. The molecule has 0 bridgehead atoms. The molecule has 0 saturated carbocycles. The standard InChI is InChI=1S/C10H10N2O5/c1-3-5-4-6(13)17-8-7(5)9(14)12(16-2)10(15)11-8/h4H,3H2,1-2H3,(H,11,15). The van der Waals surface area contributed by atoms with Crippen molar-refractivity contribution in [3.63, 3.8) is 0 Å². The maximum Gasteiger partial charge on any atom is 0.364 e. The average Bonchev–Trinajstić information content (AvgIpc) is 2.27. The molecule has 0 spiro atoms. The molecule has 0 aliphatic heterocycles. The summed E-state index contributed by atoms with van der Waals surface area (Å²) in [5.41, 5.74) is -1.67. The molecular formula is C10H10N2O5. The van der Waals surface area contributed by atoms with Crippen LogP contribution in [0, 0.1) is 0 Å². The van der Waals surface area contributed by atoms with Crippen LogP contribution in [0.25, 0.3) is 11.1 Å². The zero-order valence-corrected chi connectivity index (χ0v) is 9.27. The van der Waals surface area contributed by atoms with Crippen molar-refractivity contribution in [3.8, 4) is 0 Å². The monoisotopic (exact) mass is 238 g/mol. The van der Waals surface area contributed by atoms with Crippen LogP contribution in [0.2, 0.25) is 0 Å². The Morgan fingerprint density at radius 1 is 1.41 bits per heavy atom. The molecule has 7 nitrogen and oxygen atoms in total. The molecule has 2 heterocycles. The van der Waals surface area contributed by atoms with Crippen LogP contribution in [0.1, 0.15) is 12.5 Å². The quantitative estimate of drug-likeness (QED) is 0.743. The second-order valence-electron chi connectivity index (χ2n) is 3.36. The number of nitrogens with one attached hydrogen (secondary N) is 1. The van der Waals surface area contributed by atoms with E-state index in [4.69, 9.17) is 4.42 Å². The molecule has 0 aliphatic carbocycles. The Morgan fingerprint density at radius 2 is 2.12 bits per heavy atom. The van der Waals surface area contributed by atoms with Crippen LogP contribution in [0.5, 0.6) is 0 Å². The first kappa shape index (κ1) is 11.2. The average molecular weight is 238 g/mol. The van der Waals surface area contributed by atoms with E-state index >= 15 is 0 Å². The Kier molecular flexibility index (Phi) is 2.58. The van der Waals surface area contributed by atoms with Crippen molar-refractivity contribution in [1.82, 2.24) is 9.71 Å². The predicted molar refractivity (Wildman–Crippen MR) is 59.2 cm³/mol. The third kappa shape index (κ3) is 1.65. The van der Waals surface area contributed by atoms with Crippen LogP contribution >= 0.6 is 0 Å². The Bertz CT molecular complexity index is 737. The van der Waals surface area contributed by atoms with Crippen molar-refractivity contribution in [2.75, 3.05) is 7.11 Å². The molecule has 0 unspecified atom stereocenters. The molecule has 0 radical (unpaired) electrons. The molecule has 0 aromatic carbocycles. The lowest BCUT2D eigenvalue weighted by molar-refractivity contribution is 0.145. The number of aromatic nitrogens is 2. The minimum atomic E-state index is -0.790. The van der Waals surface area contributed by atoms with E-state index in [9.17, 15) is 14.4 Å². The van der Waals surface area contributed by atoms with Gasteiger partial charge in [0.25, 0.3) is 0 Å². The van der Waals surface area contributed by atoms with Gasteiger partial charge in [-0.05, 0) is 12.0 Å². The molecule has 2 rings (SSSR count). The van der Waals surface area contributed by atoms with Gasteiger partial charge < -0.3 is 9.25 Å². The highest BCUT2D eigenvalue weighted by Gasteiger charge is 2.13. The van der Waals surface area contributed by atoms with E-state index in [2.05, 4.69) is 9.82 Å². The maximum absolute atomic E-state index is 11.9. The summed E-state index contributed by atoms with van der Waals surface area (Å²) in [6.07, 6.45) is 0.465. The molecule has 2 aromatic heterocycles. The number of aromatic amines is 1. The van der Waals surface area contributed by atoms with Crippen molar-refractivity contribution in [3.05, 3.63) is 42.9 Å². The highest BCUT2D eigenvalue weighted by atomic mass is 16.7. The summed E-state index contributed by atoms with van der Waals surface area (Å²) in [6.45, 7) is 1.79. The first-order valence-corrected chi connectivity index (χ1v) is 4.95. The number of fused-ring (bicyclic) bond motifs is 1. The Labute approximate surface area is 94.2 Å². The van der Waals surface area contributed by atoms with Gasteiger partial charge in [-0.2, -0.15) is 0 Å². The second kappa shape index (κ2) is 3.93. The van der Waals surface area contributed by atoms with Gasteiger partial charge in [0.05, 0.1) is 0 Å². The largest absolute Gasteiger partial charge is 0.409 e. The number of aryl methyl sites for hydroxylation is 1. The summed E-state index contributed by atoms with van der Waals surface area (Å²) in [5.74, 6) is 0. The molecular weight excluding hydrogens is 228 g/mol. The number of H-pyrrole nitrogens is 1. The van der Waals surface area contributed by atoms with E-state index in [-0.39, 0.29) is 11.1 Å². The fourth-order valence-corrected chi connectivity index (χ4v) is 1.65. The fraction of sp³-hybridized carbons (Fsp3) is 0.300. The molecule has 90 valence electrons. The van der Waals surface area contributed by atoms with Crippen LogP contribution in [-0.4, -0.2) is 16.8 Å². The minimum absolute atomic E-state index is 0.127. The highest BCUT2D eigenvalue weighted by Crippen LogP contribution is 2.09. The molecule has 0 fully saturated rings. The Hall–Kier alpha value is -2.31. The van der Waals surface area contributed by atoms with E-state index in [0.717, 1.165) is 0 Å². The Morgan fingerprint density at radius 3 is 2.71 bits per heavy atom. The van der Waals surface area contributed by atoms with Gasteiger partial charge in [-0.15, -0.1) is 0 Å². The molecule has 0 amide bonds.